The summed E-state index contributed by atoms with van der Waals surface area (Å²) >= 11 is 3.20. The maximum Gasteiger partial charge on any atom is 0.251 e. The van der Waals surface area contributed by atoms with Crippen molar-refractivity contribution in [2.75, 3.05) is 6.54 Å². The lowest BCUT2D eigenvalue weighted by Gasteiger charge is -2.07. The van der Waals surface area contributed by atoms with Crippen molar-refractivity contribution in [2.24, 2.45) is 0 Å². The monoisotopic (exact) mass is 267 g/mol. The summed E-state index contributed by atoms with van der Waals surface area (Å²) in [5.74, 6) is -0.0585. The molecule has 15 heavy (non-hydrogen) atoms. The zero-order valence-corrected chi connectivity index (χ0v) is 10.5. The number of carbonyl (C=O) groups is 1. The van der Waals surface area contributed by atoms with Crippen LogP contribution in [0.2, 0.25) is 0 Å². The Balaban J connectivity index is 2.81. The SMILES string of the molecule is C=C(Br)CNC(=O)c1cc(C)ccc1C. The molecule has 0 aliphatic carbocycles. The number of hydrogen-bond donors (Lipinski definition) is 1. The highest BCUT2D eigenvalue weighted by molar-refractivity contribution is 9.11. The third-order valence-electron chi connectivity index (χ3n) is 2.08. The summed E-state index contributed by atoms with van der Waals surface area (Å²) in [6, 6.07) is 5.84. The van der Waals surface area contributed by atoms with Crippen LogP contribution in [0.5, 0.6) is 0 Å². The molecule has 1 amide bonds. The standard InChI is InChI=1S/C12H14BrNO/c1-8-4-5-9(2)11(6-8)12(15)14-7-10(3)13/h4-6H,3,7H2,1-2H3,(H,14,15). The van der Waals surface area contributed by atoms with E-state index < -0.39 is 0 Å². The van der Waals surface area contributed by atoms with Crippen molar-refractivity contribution in [3.63, 3.8) is 0 Å². The molecule has 80 valence electrons. The second kappa shape index (κ2) is 5.12. The molecule has 2 nitrogen and oxygen atoms in total. The zero-order valence-electron chi connectivity index (χ0n) is 8.93. The highest BCUT2D eigenvalue weighted by Gasteiger charge is 2.08. The smallest absolute Gasteiger partial charge is 0.251 e. The topological polar surface area (TPSA) is 29.1 Å². The van der Waals surface area contributed by atoms with E-state index in [1.54, 1.807) is 0 Å². The van der Waals surface area contributed by atoms with Crippen molar-refractivity contribution in [1.29, 1.82) is 0 Å². The quantitative estimate of drug-likeness (QED) is 0.897. The lowest BCUT2D eigenvalue weighted by atomic mass is 10.1. The van der Waals surface area contributed by atoms with E-state index >= 15 is 0 Å². The molecule has 3 heteroatoms. The molecule has 1 aromatic carbocycles. The summed E-state index contributed by atoms with van der Waals surface area (Å²) in [4.78, 5) is 11.7. The first-order valence-electron chi connectivity index (χ1n) is 4.69. The van der Waals surface area contributed by atoms with Crippen molar-refractivity contribution >= 4 is 21.8 Å². The fraction of sp³-hybridized carbons (Fsp3) is 0.250. The van der Waals surface area contributed by atoms with E-state index in [1.807, 2.05) is 32.0 Å². The molecule has 0 saturated carbocycles. The van der Waals surface area contributed by atoms with Crippen LogP contribution in [0.1, 0.15) is 21.5 Å². The number of nitrogens with one attached hydrogen (secondary N) is 1. The van der Waals surface area contributed by atoms with Gasteiger partial charge >= 0.3 is 0 Å². The first-order chi connectivity index (χ1) is 7.00. The first kappa shape index (κ1) is 12.0. The fourth-order valence-electron chi connectivity index (χ4n) is 1.25. The van der Waals surface area contributed by atoms with Crippen molar-refractivity contribution in [3.8, 4) is 0 Å². The van der Waals surface area contributed by atoms with Crippen LogP contribution >= 0.6 is 15.9 Å². The van der Waals surface area contributed by atoms with Crippen LogP contribution in [0.15, 0.2) is 29.3 Å². The lowest BCUT2D eigenvalue weighted by molar-refractivity contribution is 0.0957. The molecular weight excluding hydrogens is 254 g/mol. The van der Waals surface area contributed by atoms with Gasteiger partial charge in [-0.25, -0.2) is 0 Å². The van der Waals surface area contributed by atoms with Crippen LogP contribution < -0.4 is 5.32 Å². The van der Waals surface area contributed by atoms with Gasteiger partial charge in [0.15, 0.2) is 0 Å². The molecule has 0 bridgehead atoms. The number of rotatable bonds is 3. The molecule has 0 unspecified atom stereocenters. The highest BCUT2D eigenvalue weighted by Crippen LogP contribution is 2.10. The van der Waals surface area contributed by atoms with E-state index in [4.69, 9.17) is 0 Å². The second-order valence-electron chi connectivity index (χ2n) is 3.52. The number of carbonyl (C=O) groups excluding carboxylic acids is 1. The molecule has 0 fully saturated rings. The minimum Gasteiger partial charge on any atom is -0.347 e. The number of benzene rings is 1. The molecule has 1 N–H and O–H groups in total. The van der Waals surface area contributed by atoms with Gasteiger partial charge in [-0.1, -0.05) is 40.2 Å². The van der Waals surface area contributed by atoms with Gasteiger partial charge in [-0.15, -0.1) is 0 Å². The van der Waals surface area contributed by atoms with Crippen molar-refractivity contribution in [2.45, 2.75) is 13.8 Å². The molecule has 0 saturated heterocycles. The van der Waals surface area contributed by atoms with Crippen molar-refractivity contribution in [1.82, 2.24) is 5.32 Å². The maximum absolute atomic E-state index is 11.7. The van der Waals surface area contributed by atoms with Gasteiger partial charge in [0.25, 0.3) is 5.91 Å². The van der Waals surface area contributed by atoms with Gasteiger partial charge < -0.3 is 5.32 Å². The Morgan fingerprint density at radius 2 is 2.13 bits per heavy atom. The molecule has 0 aliphatic heterocycles. The molecule has 1 rings (SSSR count). The molecule has 0 radical (unpaired) electrons. The van der Waals surface area contributed by atoms with E-state index in [0.29, 0.717) is 6.54 Å². The minimum atomic E-state index is -0.0585. The Labute approximate surface area is 98.5 Å². The van der Waals surface area contributed by atoms with Crippen LogP contribution in [0.4, 0.5) is 0 Å². The van der Waals surface area contributed by atoms with E-state index in [-0.39, 0.29) is 5.91 Å². The normalized spacial score (nSPS) is 9.80. The Bertz CT molecular complexity index is 399. The fourth-order valence-corrected chi connectivity index (χ4v) is 1.39. The summed E-state index contributed by atoms with van der Waals surface area (Å²) in [7, 11) is 0. The van der Waals surface area contributed by atoms with Gasteiger partial charge in [-0.05, 0) is 25.5 Å². The summed E-state index contributed by atoms with van der Waals surface area (Å²) in [5, 5.41) is 2.78. The van der Waals surface area contributed by atoms with Crippen LogP contribution in [-0.2, 0) is 0 Å². The molecular formula is C12H14BrNO. The molecule has 1 aromatic rings. The van der Waals surface area contributed by atoms with Gasteiger partial charge in [0, 0.05) is 16.6 Å². The van der Waals surface area contributed by atoms with E-state index in [0.717, 1.165) is 21.2 Å². The Hall–Kier alpha value is -1.09. The Kier molecular flexibility index (Phi) is 4.09. The number of amides is 1. The van der Waals surface area contributed by atoms with Crippen LogP contribution in [0, 0.1) is 13.8 Å². The van der Waals surface area contributed by atoms with Crippen LogP contribution in [0.3, 0.4) is 0 Å². The minimum absolute atomic E-state index is 0.0585. The number of aryl methyl sites for hydroxylation is 2. The zero-order chi connectivity index (χ0) is 11.4. The third kappa shape index (κ3) is 3.51. The van der Waals surface area contributed by atoms with Crippen molar-refractivity contribution < 1.29 is 4.79 Å². The first-order valence-corrected chi connectivity index (χ1v) is 5.48. The predicted octanol–water partition coefficient (Wildman–Crippen LogP) is 2.94. The van der Waals surface area contributed by atoms with Gasteiger partial charge in [0.2, 0.25) is 0 Å². The molecule has 0 spiro atoms. The summed E-state index contributed by atoms with van der Waals surface area (Å²) in [6.07, 6.45) is 0. The van der Waals surface area contributed by atoms with Gasteiger partial charge in [-0.3, -0.25) is 4.79 Å². The average molecular weight is 268 g/mol. The van der Waals surface area contributed by atoms with Crippen molar-refractivity contribution in [3.05, 3.63) is 46.0 Å². The Morgan fingerprint density at radius 3 is 2.73 bits per heavy atom. The second-order valence-corrected chi connectivity index (χ2v) is 4.64. The van der Waals surface area contributed by atoms with Gasteiger partial charge in [-0.2, -0.15) is 0 Å². The van der Waals surface area contributed by atoms with Crippen LogP contribution in [-0.4, -0.2) is 12.5 Å². The molecule has 0 heterocycles. The van der Waals surface area contributed by atoms with Crippen LogP contribution in [0.25, 0.3) is 0 Å². The lowest BCUT2D eigenvalue weighted by Crippen LogP contribution is -2.25. The maximum atomic E-state index is 11.7. The highest BCUT2D eigenvalue weighted by atomic mass is 79.9. The number of hydrogen-bond acceptors (Lipinski definition) is 1. The summed E-state index contributed by atoms with van der Waals surface area (Å²) in [5.41, 5.74) is 2.80. The largest absolute Gasteiger partial charge is 0.347 e. The molecule has 0 aliphatic rings. The van der Waals surface area contributed by atoms with E-state index in [9.17, 15) is 4.79 Å². The molecule has 0 atom stereocenters. The van der Waals surface area contributed by atoms with E-state index in [2.05, 4.69) is 27.8 Å². The number of halogens is 1. The van der Waals surface area contributed by atoms with Gasteiger partial charge in [0.05, 0.1) is 0 Å². The Morgan fingerprint density at radius 1 is 1.47 bits per heavy atom. The summed E-state index contributed by atoms with van der Waals surface area (Å²) < 4.78 is 0.765. The summed E-state index contributed by atoms with van der Waals surface area (Å²) in [6.45, 7) is 8.01. The third-order valence-corrected chi connectivity index (χ3v) is 2.36. The molecule has 0 aromatic heterocycles. The average Bonchev–Trinajstić information content (AvgIpc) is 2.18. The predicted molar refractivity (Wildman–Crippen MR) is 66.3 cm³/mol. The van der Waals surface area contributed by atoms with E-state index in [1.165, 1.54) is 0 Å². The van der Waals surface area contributed by atoms with Gasteiger partial charge in [0.1, 0.15) is 0 Å².